The third-order valence-corrected chi connectivity index (χ3v) is 6.35. The third-order valence-electron chi connectivity index (χ3n) is 6.35. The fraction of sp³-hybridized carbons (Fsp3) is 0.138. The molecule has 0 aliphatic rings. The number of anilines is 3. The van der Waals surface area contributed by atoms with E-state index >= 15 is 8.78 Å². The van der Waals surface area contributed by atoms with Gasteiger partial charge < -0.3 is 20.9 Å². The number of rotatable bonds is 8. The minimum atomic E-state index is -0.955. The van der Waals surface area contributed by atoms with Crippen molar-refractivity contribution < 1.29 is 8.78 Å². The molecule has 0 bridgehead atoms. The minimum absolute atomic E-state index is 0.00171. The first-order valence-corrected chi connectivity index (χ1v) is 11.8. The van der Waals surface area contributed by atoms with Crippen molar-refractivity contribution in [2.75, 3.05) is 29.5 Å². The second-order valence-corrected chi connectivity index (χ2v) is 8.63. The Morgan fingerprint density at radius 2 is 1.53 bits per heavy atom. The number of fused-ring (bicyclic) bond motifs is 2. The van der Waals surface area contributed by atoms with Crippen LogP contribution in [-0.2, 0) is 13.0 Å². The first-order valence-electron chi connectivity index (χ1n) is 11.8. The van der Waals surface area contributed by atoms with Crippen LogP contribution in [0.4, 0.5) is 25.8 Å². The Hall–Kier alpha value is -4.39. The Bertz CT molecular complexity index is 1590. The highest BCUT2D eigenvalue weighted by Gasteiger charge is 2.22. The summed E-state index contributed by atoms with van der Waals surface area (Å²) in [5, 5.41) is 8.18. The molecular weight excluding hydrogens is 458 g/mol. The number of pyridine rings is 1. The van der Waals surface area contributed by atoms with Gasteiger partial charge in [-0.2, -0.15) is 0 Å². The second-order valence-electron chi connectivity index (χ2n) is 8.63. The maximum absolute atomic E-state index is 15.7. The lowest BCUT2D eigenvalue weighted by atomic mass is 10.1. The van der Waals surface area contributed by atoms with E-state index in [2.05, 4.69) is 10.6 Å². The van der Waals surface area contributed by atoms with Crippen LogP contribution in [0.15, 0.2) is 89.9 Å². The molecule has 0 atom stereocenters. The third kappa shape index (κ3) is 4.47. The van der Waals surface area contributed by atoms with Gasteiger partial charge in [-0.05, 0) is 23.4 Å². The molecule has 0 spiro atoms. The standard InChI is InChI=1S/C29H26F2N4O/c30-25-27(32)24-23(36)14-18-35(17-13-19-7-2-1-3-8-19)29(24)26(31)28(25)34-16-15-33-22-12-6-10-20-9-4-5-11-21(20)22/h1-12,14,18,33-34H,13,15-17,32H2. The van der Waals surface area contributed by atoms with Crippen LogP contribution in [0, 0.1) is 11.6 Å². The molecule has 0 unspecified atom stereocenters. The molecule has 7 heteroatoms. The summed E-state index contributed by atoms with van der Waals surface area (Å²) < 4.78 is 32.4. The molecule has 0 radical (unpaired) electrons. The number of hydrogen-bond acceptors (Lipinski definition) is 4. The minimum Gasteiger partial charge on any atom is -0.396 e. The maximum Gasteiger partial charge on any atom is 0.191 e. The monoisotopic (exact) mass is 484 g/mol. The average Bonchev–Trinajstić information content (AvgIpc) is 2.91. The van der Waals surface area contributed by atoms with Crippen LogP contribution in [-0.4, -0.2) is 17.7 Å². The summed E-state index contributed by atoms with van der Waals surface area (Å²) in [5.74, 6) is -1.78. The van der Waals surface area contributed by atoms with Gasteiger partial charge in [0.05, 0.1) is 16.6 Å². The Labute approximate surface area is 207 Å². The highest BCUT2D eigenvalue weighted by molar-refractivity contribution is 5.95. The summed E-state index contributed by atoms with van der Waals surface area (Å²) in [7, 11) is 0. The summed E-state index contributed by atoms with van der Waals surface area (Å²) in [4.78, 5) is 12.5. The van der Waals surface area contributed by atoms with E-state index in [1.165, 1.54) is 12.3 Å². The van der Waals surface area contributed by atoms with Gasteiger partial charge in [-0.25, -0.2) is 8.78 Å². The van der Waals surface area contributed by atoms with Crippen LogP contribution in [0.25, 0.3) is 21.7 Å². The SMILES string of the molecule is Nc1c(F)c(NCCNc2cccc3ccccc23)c(F)c2c1c(=O)ccn2CCc1ccccc1. The van der Waals surface area contributed by atoms with Crippen LogP contribution >= 0.6 is 0 Å². The Morgan fingerprint density at radius 1 is 0.806 bits per heavy atom. The van der Waals surface area contributed by atoms with Crippen molar-refractivity contribution in [1.29, 1.82) is 0 Å². The molecule has 5 nitrogen and oxygen atoms in total. The molecule has 0 amide bonds. The van der Waals surface area contributed by atoms with Crippen LogP contribution in [0.5, 0.6) is 0 Å². The zero-order valence-electron chi connectivity index (χ0n) is 19.6. The number of aryl methyl sites for hydroxylation is 2. The summed E-state index contributed by atoms with van der Waals surface area (Å²) >= 11 is 0. The number of halogens is 2. The predicted molar refractivity (Wildman–Crippen MR) is 144 cm³/mol. The van der Waals surface area contributed by atoms with Crippen LogP contribution in [0.1, 0.15) is 5.56 Å². The number of nitrogens with one attached hydrogen (secondary N) is 2. The number of benzene rings is 4. The number of nitrogens with zero attached hydrogens (tertiary/aromatic N) is 1. The molecule has 0 fully saturated rings. The van der Waals surface area contributed by atoms with Gasteiger partial charge in [-0.3, -0.25) is 4.79 Å². The van der Waals surface area contributed by atoms with Crippen molar-refractivity contribution in [3.05, 3.63) is 112 Å². The van der Waals surface area contributed by atoms with Gasteiger partial charge in [0.15, 0.2) is 17.1 Å². The second kappa shape index (κ2) is 10.1. The maximum atomic E-state index is 15.7. The molecule has 182 valence electrons. The molecule has 5 aromatic rings. The van der Waals surface area contributed by atoms with Crippen molar-refractivity contribution in [2.24, 2.45) is 0 Å². The smallest absolute Gasteiger partial charge is 0.191 e. The van der Waals surface area contributed by atoms with E-state index in [1.54, 1.807) is 4.57 Å². The summed E-state index contributed by atoms with van der Waals surface area (Å²) in [6.07, 6.45) is 2.15. The number of aromatic nitrogens is 1. The Kier molecular flexibility index (Phi) is 6.54. The van der Waals surface area contributed by atoms with Crippen molar-refractivity contribution in [1.82, 2.24) is 4.57 Å². The fourth-order valence-corrected chi connectivity index (χ4v) is 4.53. The molecular formula is C29H26F2N4O. The van der Waals surface area contributed by atoms with E-state index in [0.717, 1.165) is 22.0 Å². The van der Waals surface area contributed by atoms with E-state index in [-0.39, 0.29) is 28.8 Å². The lowest BCUT2D eigenvalue weighted by Crippen LogP contribution is -2.19. The topological polar surface area (TPSA) is 72.1 Å². The van der Waals surface area contributed by atoms with E-state index in [9.17, 15) is 4.79 Å². The zero-order valence-corrected chi connectivity index (χ0v) is 19.6. The average molecular weight is 485 g/mol. The molecule has 5 rings (SSSR count). The normalized spacial score (nSPS) is 11.2. The van der Waals surface area contributed by atoms with E-state index in [4.69, 9.17) is 5.73 Å². The zero-order chi connectivity index (χ0) is 25.1. The molecule has 4 aromatic carbocycles. The lowest BCUT2D eigenvalue weighted by Gasteiger charge is -2.18. The summed E-state index contributed by atoms with van der Waals surface area (Å²) in [5.41, 5.74) is 6.81. The van der Waals surface area contributed by atoms with E-state index in [1.807, 2.05) is 72.8 Å². The van der Waals surface area contributed by atoms with Gasteiger partial charge in [0.25, 0.3) is 0 Å². The van der Waals surface area contributed by atoms with Crippen LogP contribution < -0.4 is 21.8 Å². The van der Waals surface area contributed by atoms with E-state index < -0.39 is 17.1 Å². The molecule has 0 saturated carbocycles. The first-order chi connectivity index (χ1) is 17.5. The molecule has 0 saturated heterocycles. The highest BCUT2D eigenvalue weighted by Crippen LogP contribution is 2.32. The Balaban J connectivity index is 1.40. The molecule has 1 aromatic heterocycles. The van der Waals surface area contributed by atoms with Crippen molar-refractivity contribution in [3.8, 4) is 0 Å². The number of nitrogens with two attached hydrogens (primary N) is 1. The molecule has 4 N–H and O–H groups in total. The van der Waals surface area contributed by atoms with Gasteiger partial charge in [0.2, 0.25) is 0 Å². The van der Waals surface area contributed by atoms with Crippen molar-refractivity contribution in [3.63, 3.8) is 0 Å². The molecule has 1 heterocycles. The van der Waals surface area contributed by atoms with Crippen molar-refractivity contribution in [2.45, 2.75) is 13.0 Å². The van der Waals surface area contributed by atoms with E-state index in [0.29, 0.717) is 19.5 Å². The molecule has 36 heavy (non-hydrogen) atoms. The van der Waals surface area contributed by atoms with Gasteiger partial charge in [-0.15, -0.1) is 0 Å². The quantitative estimate of drug-likeness (QED) is 0.193. The van der Waals surface area contributed by atoms with Gasteiger partial charge in [0, 0.05) is 43.0 Å². The predicted octanol–water partition coefficient (Wildman–Crippen LogP) is 5.78. The largest absolute Gasteiger partial charge is 0.396 e. The van der Waals surface area contributed by atoms with Crippen LogP contribution in [0.2, 0.25) is 0 Å². The molecule has 0 aliphatic carbocycles. The Morgan fingerprint density at radius 3 is 2.36 bits per heavy atom. The molecule has 0 aliphatic heterocycles. The van der Waals surface area contributed by atoms with Crippen LogP contribution in [0.3, 0.4) is 0 Å². The fourth-order valence-electron chi connectivity index (χ4n) is 4.53. The summed E-state index contributed by atoms with van der Waals surface area (Å²) in [6, 6.07) is 25.0. The number of hydrogen-bond donors (Lipinski definition) is 3. The lowest BCUT2D eigenvalue weighted by molar-refractivity contribution is 0.589. The number of nitrogen functional groups attached to an aromatic ring is 1. The van der Waals surface area contributed by atoms with Gasteiger partial charge in [0.1, 0.15) is 5.69 Å². The van der Waals surface area contributed by atoms with Gasteiger partial charge in [-0.1, -0.05) is 66.7 Å². The van der Waals surface area contributed by atoms with Crippen molar-refractivity contribution >= 4 is 38.7 Å². The first kappa shape index (κ1) is 23.4. The highest BCUT2D eigenvalue weighted by atomic mass is 19.1. The summed E-state index contributed by atoms with van der Waals surface area (Å²) in [6.45, 7) is 1.06. The van der Waals surface area contributed by atoms with Gasteiger partial charge >= 0.3 is 0 Å².